The number of hydrogen-bond donors (Lipinski definition) is 0. The number of halogens is 1. The Morgan fingerprint density at radius 1 is 1.04 bits per heavy atom. The molecule has 1 saturated heterocycles. The number of hydrogen-bond acceptors (Lipinski definition) is 3. The number of benzene rings is 2. The number of thiazole rings is 1. The molecule has 23 heavy (non-hydrogen) atoms. The van der Waals surface area contributed by atoms with Crippen LogP contribution in [0.2, 0.25) is 0 Å². The van der Waals surface area contributed by atoms with E-state index in [1.54, 1.807) is 23.5 Å². The molecule has 0 aliphatic carbocycles. The summed E-state index contributed by atoms with van der Waals surface area (Å²) in [5.74, 6) is 0.365. The lowest BCUT2D eigenvalue weighted by Crippen LogP contribution is -2.18. The smallest absolute Gasteiger partial charge is 0.185 e. The molecule has 0 radical (unpaired) electrons. The summed E-state index contributed by atoms with van der Waals surface area (Å²) < 4.78 is 13.0. The first-order chi connectivity index (χ1) is 11.3. The number of nitrogens with zero attached hydrogens (tertiary/aromatic N) is 2. The topological polar surface area (TPSA) is 16.1 Å². The molecular formula is C19H17FN2S. The SMILES string of the molecule is Fc1ccc(-c2csc(N3CC[C@H](c4ccccc4)C3)n2)cc1. The Balaban J connectivity index is 1.51. The first-order valence-electron chi connectivity index (χ1n) is 7.81. The van der Waals surface area contributed by atoms with Crippen molar-refractivity contribution in [2.45, 2.75) is 12.3 Å². The van der Waals surface area contributed by atoms with Crippen LogP contribution in [-0.4, -0.2) is 18.1 Å². The Morgan fingerprint density at radius 2 is 1.83 bits per heavy atom. The van der Waals surface area contributed by atoms with Gasteiger partial charge < -0.3 is 4.90 Å². The molecule has 0 N–H and O–H groups in total. The van der Waals surface area contributed by atoms with Crippen LogP contribution in [0.15, 0.2) is 60.0 Å². The van der Waals surface area contributed by atoms with Crippen LogP contribution in [0.5, 0.6) is 0 Å². The first kappa shape index (κ1) is 14.4. The Hall–Kier alpha value is -2.20. The molecule has 4 heteroatoms. The average molecular weight is 324 g/mol. The minimum Gasteiger partial charge on any atom is -0.347 e. The lowest BCUT2D eigenvalue weighted by Gasteiger charge is -2.15. The lowest BCUT2D eigenvalue weighted by molar-refractivity contribution is 0.628. The lowest BCUT2D eigenvalue weighted by atomic mass is 9.99. The van der Waals surface area contributed by atoms with Crippen molar-refractivity contribution in [3.8, 4) is 11.3 Å². The zero-order valence-corrected chi connectivity index (χ0v) is 13.5. The van der Waals surface area contributed by atoms with Gasteiger partial charge in [-0.25, -0.2) is 9.37 Å². The van der Waals surface area contributed by atoms with Crippen LogP contribution in [0, 0.1) is 5.82 Å². The standard InChI is InChI=1S/C19H17FN2S/c20-17-8-6-15(7-9-17)18-13-23-19(21-18)22-11-10-16(12-22)14-4-2-1-3-5-14/h1-9,13,16H,10-12H2/t16-/m0/s1. The van der Waals surface area contributed by atoms with E-state index in [0.29, 0.717) is 5.92 Å². The van der Waals surface area contributed by atoms with Crippen LogP contribution in [-0.2, 0) is 0 Å². The van der Waals surface area contributed by atoms with E-state index in [1.165, 1.54) is 17.7 Å². The van der Waals surface area contributed by atoms with Crippen LogP contribution >= 0.6 is 11.3 Å². The van der Waals surface area contributed by atoms with Crippen molar-refractivity contribution in [3.05, 3.63) is 71.4 Å². The van der Waals surface area contributed by atoms with Gasteiger partial charge in [0, 0.05) is 30.0 Å². The van der Waals surface area contributed by atoms with Crippen molar-refractivity contribution in [2.75, 3.05) is 18.0 Å². The van der Waals surface area contributed by atoms with Crippen molar-refractivity contribution in [3.63, 3.8) is 0 Å². The average Bonchev–Trinajstić information content (AvgIpc) is 3.26. The van der Waals surface area contributed by atoms with Crippen LogP contribution < -0.4 is 4.90 Å². The number of anilines is 1. The third kappa shape index (κ3) is 2.99. The van der Waals surface area contributed by atoms with Crippen LogP contribution in [0.25, 0.3) is 11.3 Å². The van der Waals surface area contributed by atoms with Gasteiger partial charge in [-0.1, -0.05) is 30.3 Å². The molecule has 0 bridgehead atoms. The highest BCUT2D eigenvalue weighted by atomic mass is 32.1. The van der Waals surface area contributed by atoms with Crippen LogP contribution in [0.4, 0.5) is 9.52 Å². The van der Waals surface area contributed by atoms with Gasteiger partial charge in [0.1, 0.15) is 5.82 Å². The Labute approximate surface area is 139 Å². The third-order valence-corrected chi connectivity index (χ3v) is 5.26. The van der Waals surface area contributed by atoms with Crippen LogP contribution in [0.3, 0.4) is 0 Å². The van der Waals surface area contributed by atoms with E-state index in [-0.39, 0.29) is 5.82 Å². The summed E-state index contributed by atoms with van der Waals surface area (Å²) in [7, 11) is 0. The van der Waals surface area contributed by atoms with Crippen molar-refractivity contribution < 1.29 is 4.39 Å². The summed E-state index contributed by atoms with van der Waals surface area (Å²) in [6, 6.07) is 17.2. The summed E-state index contributed by atoms with van der Waals surface area (Å²) in [5.41, 5.74) is 3.30. The second kappa shape index (κ2) is 6.13. The fourth-order valence-electron chi connectivity index (χ4n) is 3.09. The quantitative estimate of drug-likeness (QED) is 0.678. The van der Waals surface area contributed by atoms with Gasteiger partial charge in [0.25, 0.3) is 0 Å². The highest BCUT2D eigenvalue weighted by molar-refractivity contribution is 7.14. The minimum atomic E-state index is -0.213. The maximum Gasteiger partial charge on any atom is 0.185 e. The molecule has 0 saturated carbocycles. The van der Waals surface area contributed by atoms with Gasteiger partial charge in [-0.05, 0) is 36.2 Å². The normalized spacial score (nSPS) is 17.6. The maximum absolute atomic E-state index is 13.0. The van der Waals surface area contributed by atoms with Crippen molar-refractivity contribution in [2.24, 2.45) is 0 Å². The largest absolute Gasteiger partial charge is 0.347 e. The zero-order chi connectivity index (χ0) is 15.6. The molecule has 0 amide bonds. The third-order valence-electron chi connectivity index (χ3n) is 4.36. The Bertz CT molecular complexity index is 783. The van der Waals surface area contributed by atoms with E-state index in [4.69, 9.17) is 4.98 Å². The summed E-state index contributed by atoms with van der Waals surface area (Å²) in [6.45, 7) is 2.05. The second-order valence-corrected chi connectivity index (χ2v) is 6.70. The molecule has 1 aromatic heterocycles. The summed E-state index contributed by atoms with van der Waals surface area (Å²) in [4.78, 5) is 7.10. The predicted molar refractivity (Wildman–Crippen MR) is 93.5 cm³/mol. The van der Waals surface area contributed by atoms with Crippen molar-refractivity contribution in [1.29, 1.82) is 0 Å². The maximum atomic E-state index is 13.0. The fourth-order valence-corrected chi connectivity index (χ4v) is 3.97. The molecule has 116 valence electrons. The van der Waals surface area contributed by atoms with Crippen molar-refractivity contribution >= 4 is 16.5 Å². The summed E-state index contributed by atoms with van der Waals surface area (Å²) >= 11 is 1.66. The predicted octanol–water partition coefficient (Wildman–Crippen LogP) is 4.94. The fraction of sp³-hybridized carbons (Fsp3) is 0.211. The first-order valence-corrected chi connectivity index (χ1v) is 8.69. The van der Waals surface area contributed by atoms with Gasteiger partial charge >= 0.3 is 0 Å². The molecule has 0 spiro atoms. The molecule has 3 aromatic rings. The van der Waals surface area contributed by atoms with Gasteiger partial charge in [0.05, 0.1) is 5.69 Å². The molecule has 1 aliphatic rings. The molecule has 0 unspecified atom stereocenters. The van der Waals surface area contributed by atoms with E-state index in [0.717, 1.165) is 35.9 Å². The highest BCUT2D eigenvalue weighted by Gasteiger charge is 2.25. The zero-order valence-electron chi connectivity index (χ0n) is 12.7. The van der Waals surface area contributed by atoms with Crippen molar-refractivity contribution in [1.82, 2.24) is 4.98 Å². The van der Waals surface area contributed by atoms with Crippen LogP contribution in [0.1, 0.15) is 17.9 Å². The van der Waals surface area contributed by atoms with Gasteiger partial charge in [0.15, 0.2) is 5.13 Å². The Morgan fingerprint density at radius 3 is 2.61 bits per heavy atom. The van der Waals surface area contributed by atoms with Gasteiger partial charge in [-0.3, -0.25) is 0 Å². The summed E-state index contributed by atoms with van der Waals surface area (Å²) in [5, 5.41) is 3.11. The monoisotopic (exact) mass is 324 g/mol. The molecule has 1 fully saturated rings. The molecule has 2 heterocycles. The second-order valence-electron chi connectivity index (χ2n) is 5.86. The number of aromatic nitrogens is 1. The van der Waals surface area contributed by atoms with E-state index in [1.807, 2.05) is 0 Å². The van der Waals surface area contributed by atoms with Gasteiger partial charge in [0.2, 0.25) is 0 Å². The number of rotatable bonds is 3. The van der Waals surface area contributed by atoms with E-state index in [9.17, 15) is 4.39 Å². The van der Waals surface area contributed by atoms with E-state index >= 15 is 0 Å². The molecule has 2 nitrogen and oxygen atoms in total. The van der Waals surface area contributed by atoms with E-state index < -0.39 is 0 Å². The molecule has 2 aromatic carbocycles. The molecule has 1 aliphatic heterocycles. The molecule has 4 rings (SSSR count). The Kier molecular flexibility index (Phi) is 3.83. The van der Waals surface area contributed by atoms with E-state index in [2.05, 4.69) is 40.6 Å². The van der Waals surface area contributed by atoms with Gasteiger partial charge in [-0.15, -0.1) is 11.3 Å². The highest BCUT2D eigenvalue weighted by Crippen LogP contribution is 2.34. The molecular weight excluding hydrogens is 307 g/mol. The molecule has 1 atom stereocenters. The summed E-state index contributed by atoms with van der Waals surface area (Å²) in [6.07, 6.45) is 1.16. The van der Waals surface area contributed by atoms with Gasteiger partial charge in [-0.2, -0.15) is 0 Å². The minimum absolute atomic E-state index is 0.213.